The van der Waals surface area contributed by atoms with Gasteiger partial charge in [0.1, 0.15) is 5.60 Å². The van der Waals surface area contributed by atoms with Gasteiger partial charge in [0.2, 0.25) is 10.0 Å². The van der Waals surface area contributed by atoms with Crippen LogP contribution in [0, 0.1) is 0 Å². The number of carbonyl (C=O) groups is 1. The summed E-state index contributed by atoms with van der Waals surface area (Å²) >= 11 is 12.6. The quantitative estimate of drug-likeness (QED) is 0.328. The maximum atomic E-state index is 13.0. The van der Waals surface area contributed by atoms with Gasteiger partial charge in [-0.15, -0.1) is 0 Å². The highest BCUT2D eigenvalue weighted by atomic mass is 35.5. The summed E-state index contributed by atoms with van der Waals surface area (Å²) in [5, 5.41) is 0.990. The van der Waals surface area contributed by atoms with Crippen molar-refractivity contribution in [2.24, 2.45) is 0 Å². The van der Waals surface area contributed by atoms with E-state index in [1.807, 2.05) is 39.0 Å². The second-order valence-electron chi connectivity index (χ2n) is 10.9. The summed E-state index contributed by atoms with van der Waals surface area (Å²) in [5.41, 5.74) is 3.89. The Balaban J connectivity index is 2.16. The highest BCUT2D eigenvalue weighted by Crippen LogP contribution is 2.46. The molecule has 0 saturated carbocycles. The zero-order valence-electron chi connectivity index (χ0n) is 22.5. The van der Waals surface area contributed by atoms with Crippen molar-refractivity contribution in [3.05, 3.63) is 62.6 Å². The van der Waals surface area contributed by atoms with Crippen LogP contribution in [0.4, 0.5) is 10.5 Å². The largest absolute Gasteiger partial charge is 0.444 e. The summed E-state index contributed by atoms with van der Waals surface area (Å²) in [6.45, 7) is 7.65. The van der Waals surface area contributed by atoms with Gasteiger partial charge in [0.05, 0.1) is 28.0 Å². The Morgan fingerprint density at radius 2 is 1.78 bits per heavy atom. The van der Waals surface area contributed by atoms with E-state index in [0.717, 1.165) is 60.6 Å². The number of ether oxygens (including phenoxy) is 1. The lowest BCUT2D eigenvalue weighted by atomic mass is 9.75. The molecule has 1 aliphatic rings. The van der Waals surface area contributed by atoms with Gasteiger partial charge in [0, 0.05) is 13.0 Å². The molecule has 0 unspecified atom stereocenters. The van der Waals surface area contributed by atoms with Crippen LogP contribution < -0.4 is 4.72 Å². The van der Waals surface area contributed by atoms with Crippen molar-refractivity contribution in [2.75, 3.05) is 18.0 Å². The molecular formula is C28H38Cl2N2O4S. The van der Waals surface area contributed by atoms with Gasteiger partial charge in [0.15, 0.2) is 0 Å². The molecule has 0 bridgehead atoms. The molecule has 3 rings (SSSR count). The average Bonchev–Trinajstić information content (AvgIpc) is 2.78. The summed E-state index contributed by atoms with van der Waals surface area (Å²) < 4.78 is 32.9. The van der Waals surface area contributed by atoms with E-state index in [1.165, 1.54) is 0 Å². The molecule has 1 N–H and O–H groups in total. The maximum Gasteiger partial charge on any atom is 0.410 e. The minimum absolute atomic E-state index is 0.0327. The zero-order valence-corrected chi connectivity index (χ0v) is 24.9. The summed E-state index contributed by atoms with van der Waals surface area (Å²) in [4.78, 5) is 14.6. The zero-order chi connectivity index (χ0) is 27.5. The minimum Gasteiger partial charge on any atom is -0.444 e. The molecule has 0 radical (unpaired) electrons. The number of benzene rings is 2. The maximum absolute atomic E-state index is 13.0. The van der Waals surface area contributed by atoms with Crippen LogP contribution in [-0.2, 0) is 21.2 Å². The number of hydrogen-bond acceptors (Lipinski definition) is 4. The lowest BCUT2D eigenvalue weighted by Crippen LogP contribution is -2.38. The third-order valence-electron chi connectivity index (χ3n) is 6.61. The summed E-state index contributed by atoms with van der Waals surface area (Å²) in [5.74, 6) is 0.0327. The number of nitrogens with zero attached hydrogens (tertiary/aromatic N) is 1. The minimum atomic E-state index is -3.50. The Bertz CT molecular complexity index is 1240. The third-order valence-corrected chi connectivity index (χ3v) is 7.94. The monoisotopic (exact) mass is 568 g/mol. The van der Waals surface area contributed by atoms with Crippen LogP contribution in [0.2, 0.25) is 10.0 Å². The molecule has 0 saturated heterocycles. The molecule has 9 heteroatoms. The number of unbranched alkanes of at least 4 members (excludes halogenated alkanes) is 2. The van der Waals surface area contributed by atoms with Gasteiger partial charge in [-0.25, -0.2) is 13.2 Å². The predicted octanol–water partition coefficient (Wildman–Crippen LogP) is 7.93. The van der Waals surface area contributed by atoms with Crippen molar-refractivity contribution < 1.29 is 17.9 Å². The molecule has 2 aromatic rings. The van der Waals surface area contributed by atoms with Crippen molar-refractivity contribution >= 4 is 45.0 Å². The number of carbonyl (C=O) groups excluding carboxylic acids is 1. The molecular weight excluding hydrogens is 531 g/mol. The van der Waals surface area contributed by atoms with E-state index < -0.39 is 21.7 Å². The van der Waals surface area contributed by atoms with Gasteiger partial charge in [-0.2, -0.15) is 0 Å². The summed E-state index contributed by atoms with van der Waals surface area (Å²) in [6, 6.07) is 9.44. The molecule has 2 aromatic carbocycles. The molecule has 6 nitrogen and oxygen atoms in total. The Labute approximate surface area is 231 Å². The molecule has 0 aromatic heterocycles. The van der Waals surface area contributed by atoms with Crippen molar-refractivity contribution in [3.63, 3.8) is 0 Å². The lowest BCUT2D eigenvalue weighted by Gasteiger charge is -2.38. The molecule has 0 aliphatic heterocycles. The Hall–Kier alpha value is -1.96. The molecule has 0 spiro atoms. The van der Waals surface area contributed by atoms with Crippen LogP contribution in [0.3, 0.4) is 0 Å². The summed E-state index contributed by atoms with van der Waals surface area (Å²) in [7, 11) is -1.76. The first-order valence-electron chi connectivity index (χ1n) is 12.8. The van der Waals surface area contributed by atoms with Gasteiger partial charge in [0.25, 0.3) is 0 Å². The van der Waals surface area contributed by atoms with E-state index in [1.54, 1.807) is 18.0 Å². The Morgan fingerprint density at radius 3 is 2.38 bits per heavy atom. The van der Waals surface area contributed by atoms with E-state index in [-0.39, 0.29) is 12.0 Å². The molecule has 204 valence electrons. The van der Waals surface area contributed by atoms with Gasteiger partial charge in [-0.1, -0.05) is 55.1 Å². The number of halogens is 2. The lowest BCUT2D eigenvalue weighted by molar-refractivity contribution is 0.0202. The number of nitrogens with one attached hydrogen (secondary N) is 1. The first-order valence-corrected chi connectivity index (χ1v) is 15.4. The fraction of sp³-hybridized carbons (Fsp3) is 0.536. The van der Waals surface area contributed by atoms with Crippen molar-refractivity contribution in [1.82, 2.24) is 4.90 Å². The van der Waals surface area contributed by atoms with Gasteiger partial charge < -0.3 is 9.64 Å². The number of aryl methyl sites for hydroxylation is 1. The van der Waals surface area contributed by atoms with Gasteiger partial charge in [-0.3, -0.25) is 4.72 Å². The number of rotatable bonds is 8. The number of anilines is 1. The van der Waals surface area contributed by atoms with Crippen LogP contribution in [-0.4, -0.2) is 38.3 Å². The van der Waals surface area contributed by atoms with Crippen molar-refractivity contribution in [3.8, 4) is 0 Å². The number of sulfonamides is 1. The molecule has 2 atom stereocenters. The van der Waals surface area contributed by atoms with E-state index in [0.29, 0.717) is 22.2 Å². The number of fused-ring (bicyclic) bond motifs is 1. The van der Waals surface area contributed by atoms with E-state index >= 15 is 0 Å². The van der Waals surface area contributed by atoms with E-state index in [4.69, 9.17) is 27.9 Å². The normalized spacial score (nSPS) is 17.7. The number of amides is 1. The highest BCUT2D eigenvalue weighted by molar-refractivity contribution is 7.92. The smallest absolute Gasteiger partial charge is 0.410 e. The van der Waals surface area contributed by atoms with Crippen molar-refractivity contribution in [1.29, 1.82) is 0 Å². The molecule has 37 heavy (non-hydrogen) atoms. The van der Waals surface area contributed by atoms with Crippen LogP contribution in [0.15, 0.2) is 30.3 Å². The SMILES string of the molecule is CCCCCc1cc2c(cc1NS(C)(=O)=O)[C@@H](N(C)C(=O)OC(C)(C)C)CC[C@H]2c1ccc(Cl)c(Cl)c1. The number of hydrogen-bond donors (Lipinski definition) is 1. The second-order valence-corrected chi connectivity index (χ2v) is 13.4. The van der Waals surface area contributed by atoms with Crippen LogP contribution >= 0.6 is 23.2 Å². The summed E-state index contributed by atoms with van der Waals surface area (Å²) in [6.07, 6.45) is 6.03. The Morgan fingerprint density at radius 1 is 1.08 bits per heavy atom. The molecule has 0 heterocycles. The second kappa shape index (κ2) is 11.8. The first-order chi connectivity index (χ1) is 17.2. The predicted molar refractivity (Wildman–Crippen MR) is 152 cm³/mol. The fourth-order valence-electron chi connectivity index (χ4n) is 4.91. The van der Waals surface area contributed by atoms with Crippen LogP contribution in [0.25, 0.3) is 0 Å². The molecule has 0 fully saturated rings. The van der Waals surface area contributed by atoms with E-state index in [2.05, 4.69) is 17.7 Å². The topological polar surface area (TPSA) is 75.7 Å². The first kappa shape index (κ1) is 29.6. The van der Waals surface area contributed by atoms with Crippen molar-refractivity contribution in [2.45, 2.75) is 83.8 Å². The van der Waals surface area contributed by atoms with Gasteiger partial charge in [-0.05, 0) is 86.9 Å². The standard InChI is InChI=1S/C28H38Cl2N2O4S/c1-7-8-9-10-19-15-21-20(18-11-13-23(29)24(30)16-18)12-14-26(32(5)27(33)36-28(2,3)4)22(21)17-25(19)31-37(6,34)35/h11,13,15-17,20,26,31H,7-10,12,14H2,1-6H3/t20-,26-/m0/s1. The highest BCUT2D eigenvalue weighted by Gasteiger charge is 2.35. The van der Waals surface area contributed by atoms with Crippen LogP contribution in [0.1, 0.15) is 94.0 Å². The average molecular weight is 570 g/mol. The third kappa shape index (κ3) is 7.78. The fourth-order valence-corrected chi connectivity index (χ4v) is 5.81. The Kier molecular flexibility index (Phi) is 9.46. The molecule has 1 aliphatic carbocycles. The van der Waals surface area contributed by atoms with Crippen LogP contribution in [0.5, 0.6) is 0 Å². The molecule has 1 amide bonds. The van der Waals surface area contributed by atoms with Gasteiger partial charge >= 0.3 is 6.09 Å². The van der Waals surface area contributed by atoms with E-state index in [9.17, 15) is 13.2 Å².